The normalized spacial score (nSPS) is 25.0. The van der Waals surface area contributed by atoms with Gasteiger partial charge in [0.25, 0.3) is 0 Å². The average molecular weight is 385 g/mol. The summed E-state index contributed by atoms with van der Waals surface area (Å²) < 4.78 is 5.36. The predicted molar refractivity (Wildman–Crippen MR) is 86.3 cm³/mol. The molecule has 1 aromatic rings. The first-order valence-corrected chi connectivity index (χ1v) is 7.89. The Labute approximate surface area is 187 Å². The molecule has 1 saturated heterocycles. The van der Waals surface area contributed by atoms with Gasteiger partial charge < -0.3 is 9.64 Å². The largest absolute Gasteiger partial charge is 1.00 e. The summed E-state index contributed by atoms with van der Waals surface area (Å²) in [6.45, 7) is 4.16. The minimum atomic E-state index is -0.174. The van der Waals surface area contributed by atoms with Crippen LogP contribution in [-0.2, 0) is 9.53 Å². The topological polar surface area (TPSA) is 32.8 Å². The fourth-order valence-electron chi connectivity index (χ4n) is 3.61. The Bertz CT molecular complexity index is 588. The number of hydrogen-bond donors (Lipinski definition) is 0. The van der Waals surface area contributed by atoms with E-state index in [0.29, 0.717) is 12.6 Å². The van der Waals surface area contributed by atoms with Crippen LogP contribution in [0.1, 0.15) is 18.9 Å². The number of piperazine rings is 1. The molecule has 0 N–H and O–H groups in total. The molecule has 5 heteroatoms. The van der Waals surface area contributed by atoms with Crippen LogP contribution in [0.5, 0.6) is 0 Å². The molecule has 2 atom stereocenters. The Morgan fingerprint density at radius 2 is 2.17 bits per heavy atom. The van der Waals surface area contributed by atoms with E-state index < -0.39 is 0 Å². The summed E-state index contributed by atoms with van der Waals surface area (Å²) >= 11 is 0. The van der Waals surface area contributed by atoms with Gasteiger partial charge in [0, 0.05) is 24.7 Å². The van der Waals surface area contributed by atoms with Gasteiger partial charge in [0.2, 0.25) is 0 Å². The minimum absolute atomic E-state index is 0. The van der Waals surface area contributed by atoms with Gasteiger partial charge in [-0.15, -0.1) is 5.56 Å². The molecule has 2 heterocycles. The molecule has 0 saturated carbocycles. The third-order valence-corrected chi connectivity index (χ3v) is 4.72. The molecule has 2 aliphatic rings. The third kappa shape index (κ3) is 4.05. The van der Waals surface area contributed by atoms with Crippen molar-refractivity contribution in [1.29, 1.82) is 0 Å². The molecule has 4 nitrogen and oxygen atoms in total. The van der Waals surface area contributed by atoms with Crippen molar-refractivity contribution in [2.45, 2.75) is 25.4 Å². The molecule has 2 bridgehead atoms. The minimum Gasteiger partial charge on any atom is -0.463 e. The monoisotopic (exact) mass is 384 g/mol. The Balaban J connectivity index is 0.00000192. The van der Waals surface area contributed by atoms with E-state index in [2.05, 4.69) is 36.0 Å². The molecule has 0 aliphatic carbocycles. The summed E-state index contributed by atoms with van der Waals surface area (Å²) in [6.07, 6.45) is 0.878. The molecule has 1 aromatic carbocycles. The Morgan fingerprint density at radius 1 is 1.39 bits per heavy atom. The summed E-state index contributed by atoms with van der Waals surface area (Å²) in [5, 5.41) is 0. The maximum Gasteiger partial charge on any atom is 1.00 e. The van der Waals surface area contributed by atoms with E-state index in [1.54, 1.807) is 0 Å². The van der Waals surface area contributed by atoms with Crippen molar-refractivity contribution in [3.63, 3.8) is 0 Å². The van der Waals surface area contributed by atoms with Gasteiger partial charge in [-0.25, -0.2) is 4.79 Å². The van der Waals surface area contributed by atoms with Crippen molar-refractivity contribution in [1.82, 2.24) is 9.80 Å². The van der Waals surface area contributed by atoms with Crippen LogP contribution in [0.15, 0.2) is 29.8 Å². The van der Waals surface area contributed by atoms with Crippen LogP contribution in [0, 0.1) is 6.07 Å². The fourth-order valence-corrected chi connectivity index (χ4v) is 3.61. The zero-order valence-corrected chi connectivity index (χ0v) is 19.4. The first-order chi connectivity index (χ1) is 10.6. The molecular weight excluding hydrogens is 362 g/mol. The second-order valence-corrected chi connectivity index (χ2v) is 6.17. The molecule has 2 unspecified atom stereocenters. The maximum absolute atomic E-state index is 12.6. The van der Waals surface area contributed by atoms with Crippen molar-refractivity contribution >= 4 is 11.5 Å². The van der Waals surface area contributed by atoms with E-state index >= 15 is 0 Å². The summed E-state index contributed by atoms with van der Waals surface area (Å²) in [5.74, 6) is -0.174. The second kappa shape index (κ2) is 8.50. The van der Waals surface area contributed by atoms with E-state index in [-0.39, 0.29) is 70.2 Å². The van der Waals surface area contributed by atoms with Crippen molar-refractivity contribution in [3.8, 4) is 0 Å². The number of carbonyl (C=O) groups is 1. The standard InChI is InChI=1S/C18H23N2O2.Rb/c1-4-22-18(21)17-15(13-8-6-5-7-9-13)10-14-11-19(2)12-16(17)20(14)3;/h5-6,8-9,14,16H,4,10-12H2,1-3H3;/q-1;+1. The number of fused-ring (bicyclic) bond motifs is 2. The molecule has 0 spiro atoms. The van der Waals surface area contributed by atoms with Crippen LogP contribution < -0.4 is 58.2 Å². The van der Waals surface area contributed by atoms with Gasteiger partial charge in [0.1, 0.15) is 0 Å². The van der Waals surface area contributed by atoms with E-state index in [9.17, 15) is 4.79 Å². The van der Waals surface area contributed by atoms with Crippen LogP contribution in [0.25, 0.3) is 5.57 Å². The van der Waals surface area contributed by atoms with Gasteiger partial charge >= 0.3 is 64.2 Å². The van der Waals surface area contributed by atoms with Crippen LogP contribution in [0.3, 0.4) is 0 Å². The van der Waals surface area contributed by atoms with Gasteiger partial charge in [-0.3, -0.25) is 4.90 Å². The van der Waals surface area contributed by atoms with Crippen molar-refractivity contribution in [2.75, 3.05) is 33.8 Å². The van der Waals surface area contributed by atoms with Crippen LogP contribution in [0.2, 0.25) is 0 Å². The molecule has 1 fully saturated rings. The molecule has 0 amide bonds. The molecule has 0 aromatic heterocycles. The smallest absolute Gasteiger partial charge is 0.463 e. The van der Waals surface area contributed by atoms with Crippen LogP contribution in [0.4, 0.5) is 0 Å². The van der Waals surface area contributed by atoms with Crippen molar-refractivity contribution < 1.29 is 67.7 Å². The number of hydrogen-bond acceptors (Lipinski definition) is 4. The first-order valence-electron chi connectivity index (χ1n) is 7.89. The van der Waals surface area contributed by atoms with Crippen molar-refractivity contribution in [2.24, 2.45) is 0 Å². The Morgan fingerprint density at radius 3 is 2.83 bits per heavy atom. The van der Waals surface area contributed by atoms with Gasteiger partial charge in [-0.1, -0.05) is 5.57 Å². The summed E-state index contributed by atoms with van der Waals surface area (Å²) in [5.41, 5.74) is 3.06. The second-order valence-electron chi connectivity index (χ2n) is 6.17. The van der Waals surface area contributed by atoms with Gasteiger partial charge in [-0.05, 0) is 27.4 Å². The zero-order chi connectivity index (χ0) is 15.7. The zero-order valence-electron chi connectivity index (χ0n) is 14.5. The summed E-state index contributed by atoms with van der Waals surface area (Å²) in [6, 6.07) is 11.6. The first kappa shape index (κ1) is 19.5. The predicted octanol–water partition coefficient (Wildman–Crippen LogP) is -1.17. The van der Waals surface area contributed by atoms with Gasteiger partial charge in [0.15, 0.2) is 0 Å². The van der Waals surface area contributed by atoms with Gasteiger partial charge in [-0.2, -0.15) is 30.3 Å². The van der Waals surface area contributed by atoms with Crippen LogP contribution >= 0.6 is 0 Å². The Hall–Kier alpha value is 0.155. The van der Waals surface area contributed by atoms with Crippen LogP contribution in [-0.4, -0.2) is 61.6 Å². The van der Waals surface area contributed by atoms with Gasteiger partial charge in [0.05, 0.1) is 12.6 Å². The number of nitrogens with zero attached hydrogens (tertiary/aromatic N) is 2. The number of carbonyl (C=O) groups excluding carboxylic acids is 1. The molecule has 118 valence electrons. The maximum atomic E-state index is 12.6. The number of esters is 1. The fraction of sp³-hybridized carbons (Fsp3) is 0.500. The number of likely N-dealkylation sites (N-methyl/N-ethyl adjacent to an activating group) is 2. The Kier molecular flexibility index (Phi) is 7.20. The third-order valence-electron chi connectivity index (χ3n) is 4.72. The van der Waals surface area contributed by atoms with Crippen molar-refractivity contribution in [3.05, 3.63) is 41.5 Å². The molecule has 2 aliphatic heterocycles. The molecular formula is C18H23N2O2Rb. The SMILES string of the molecule is CCOC(=O)C1=C(c2c[c-]ccc2)CC2CN(C)CC1N2C.[Rb+]. The van der Waals surface area contributed by atoms with E-state index in [4.69, 9.17) is 4.74 Å². The van der Waals surface area contributed by atoms with E-state index in [1.807, 2.05) is 25.1 Å². The number of rotatable bonds is 3. The molecule has 3 rings (SSSR count). The van der Waals surface area contributed by atoms with E-state index in [0.717, 1.165) is 36.2 Å². The van der Waals surface area contributed by atoms with E-state index in [1.165, 1.54) is 0 Å². The quantitative estimate of drug-likeness (QED) is 0.485. The summed E-state index contributed by atoms with van der Waals surface area (Å²) in [7, 11) is 4.24. The number of benzene rings is 1. The molecule has 0 radical (unpaired) electrons. The average Bonchev–Trinajstić information content (AvgIpc) is 2.50. The molecule has 23 heavy (non-hydrogen) atoms. The number of ether oxygens (including phenoxy) is 1. The summed E-state index contributed by atoms with van der Waals surface area (Å²) in [4.78, 5) is 17.2.